The maximum Gasteiger partial charge on any atom is 0.196 e. The number of ether oxygens (including phenoxy) is 1. The van der Waals surface area contributed by atoms with Crippen LogP contribution in [0, 0.1) is 0 Å². The van der Waals surface area contributed by atoms with Crippen molar-refractivity contribution in [2.75, 3.05) is 7.11 Å². The molecule has 0 saturated heterocycles. The summed E-state index contributed by atoms with van der Waals surface area (Å²) in [7, 11) is 1.46. The third-order valence-corrected chi connectivity index (χ3v) is 2.95. The van der Waals surface area contributed by atoms with Crippen LogP contribution in [0.25, 0.3) is 0 Å². The Kier molecular flexibility index (Phi) is 3.32. The normalized spacial score (nSPS) is 23.2. The number of methoxy groups -OCH3 is 1. The van der Waals surface area contributed by atoms with Gasteiger partial charge in [0.15, 0.2) is 5.78 Å². The van der Waals surface area contributed by atoms with Gasteiger partial charge in [-0.2, -0.15) is 0 Å². The lowest BCUT2D eigenvalue weighted by atomic mass is 9.93. The number of carbonyl (C=O) groups excluding carboxylic acids is 1. The SMILES string of the molecule is COC1(N)C=CC(C(=O)c2ccccc2)=C(O)C1. The van der Waals surface area contributed by atoms with Gasteiger partial charge in [-0.1, -0.05) is 30.3 Å². The number of nitrogens with two attached hydrogens (primary N) is 1. The van der Waals surface area contributed by atoms with E-state index in [-0.39, 0.29) is 23.5 Å². The third-order valence-electron chi connectivity index (χ3n) is 2.95. The lowest BCUT2D eigenvalue weighted by molar-refractivity contribution is 0.0278. The van der Waals surface area contributed by atoms with Gasteiger partial charge in [0.05, 0.1) is 12.0 Å². The summed E-state index contributed by atoms with van der Waals surface area (Å²) < 4.78 is 5.07. The van der Waals surface area contributed by atoms with E-state index in [0.717, 1.165) is 0 Å². The zero-order chi connectivity index (χ0) is 13.2. The first-order valence-electron chi connectivity index (χ1n) is 5.61. The number of hydrogen-bond donors (Lipinski definition) is 2. The third kappa shape index (κ3) is 2.34. The monoisotopic (exact) mass is 245 g/mol. The Morgan fingerprint density at radius 2 is 2.06 bits per heavy atom. The molecular weight excluding hydrogens is 230 g/mol. The van der Waals surface area contributed by atoms with Gasteiger partial charge in [0.25, 0.3) is 0 Å². The van der Waals surface area contributed by atoms with Crippen LogP contribution >= 0.6 is 0 Å². The Hall–Kier alpha value is -1.91. The number of rotatable bonds is 3. The van der Waals surface area contributed by atoms with Crippen molar-refractivity contribution in [3.63, 3.8) is 0 Å². The highest BCUT2D eigenvalue weighted by atomic mass is 16.5. The first kappa shape index (κ1) is 12.5. The van der Waals surface area contributed by atoms with Gasteiger partial charge >= 0.3 is 0 Å². The van der Waals surface area contributed by atoms with E-state index >= 15 is 0 Å². The van der Waals surface area contributed by atoms with E-state index in [2.05, 4.69) is 0 Å². The van der Waals surface area contributed by atoms with Crippen LogP contribution in [0.4, 0.5) is 0 Å². The lowest BCUT2D eigenvalue weighted by Gasteiger charge is -2.27. The van der Waals surface area contributed by atoms with E-state index in [1.807, 2.05) is 6.07 Å². The standard InChI is InChI=1S/C14H15NO3/c1-18-14(15)8-7-11(12(16)9-14)13(17)10-5-3-2-4-6-10/h2-8,16H,9,15H2,1H3. The summed E-state index contributed by atoms with van der Waals surface area (Å²) in [6.45, 7) is 0. The van der Waals surface area contributed by atoms with E-state index in [1.165, 1.54) is 13.2 Å². The van der Waals surface area contributed by atoms with Crippen LogP contribution in [-0.2, 0) is 4.74 Å². The summed E-state index contributed by atoms with van der Waals surface area (Å²) >= 11 is 0. The smallest absolute Gasteiger partial charge is 0.196 e. The van der Waals surface area contributed by atoms with Gasteiger partial charge in [-0.3, -0.25) is 10.5 Å². The molecule has 1 aromatic rings. The van der Waals surface area contributed by atoms with Gasteiger partial charge < -0.3 is 9.84 Å². The van der Waals surface area contributed by atoms with Gasteiger partial charge in [0.1, 0.15) is 11.5 Å². The molecule has 0 heterocycles. The zero-order valence-electron chi connectivity index (χ0n) is 10.1. The fourth-order valence-corrected chi connectivity index (χ4v) is 1.83. The van der Waals surface area contributed by atoms with Crippen molar-refractivity contribution in [2.45, 2.75) is 12.1 Å². The fraction of sp³-hybridized carbons (Fsp3) is 0.214. The summed E-state index contributed by atoms with van der Waals surface area (Å²) in [6, 6.07) is 8.80. The first-order chi connectivity index (χ1) is 8.56. The topological polar surface area (TPSA) is 72.5 Å². The van der Waals surface area contributed by atoms with Crippen molar-refractivity contribution in [3.05, 3.63) is 59.4 Å². The molecule has 1 aliphatic carbocycles. The molecule has 0 amide bonds. The Morgan fingerprint density at radius 3 is 2.61 bits per heavy atom. The minimum absolute atomic E-state index is 0.0456. The van der Waals surface area contributed by atoms with E-state index in [1.54, 1.807) is 30.3 Å². The van der Waals surface area contributed by atoms with Crippen LogP contribution in [-0.4, -0.2) is 23.7 Å². The van der Waals surface area contributed by atoms with Gasteiger partial charge in [-0.05, 0) is 12.2 Å². The van der Waals surface area contributed by atoms with E-state index in [9.17, 15) is 9.90 Å². The van der Waals surface area contributed by atoms with Gasteiger partial charge in [-0.25, -0.2) is 0 Å². The highest BCUT2D eigenvalue weighted by Gasteiger charge is 2.29. The maximum atomic E-state index is 12.2. The van der Waals surface area contributed by atoms with E-state index in [0.29, 0.717) is 5.56 Å². The molecule has 0 spiro atoms. The van der Waals surface area contributed by atoms with Crippen molar-refractivity contribution >= 4 is 5.78 Å². The largest absolute Gasteiger partial charge is 0.511 e. The minimum atomic E-state index is -1.04. The predicted octanol–water partition coefficient (Wildman–Crippen LogP) is 1.94. The number of carbonyl (C=O) groups is 1. The lowest BCUT2D eigenvalue weighted by Crippen LogP contribution is -2.41. The predicted molar refractivity (Wildman–Crippen MR) is 68.1 cm³/mol. The fourth-order valence-electron chi connectivity index (χ4n) is 1.83. The molecule has 0 saturated carbocycles. The molecular formula is C14H15NO3. The van der Waals surface area contributed by atoms with Crippen LogP contribution in [0.15, 0.2) is 53.8 Å². The quantitative estimate of drug-likeness (QED) is 0.630. The zero-order valence-corrected chi connectivity index (χ0v) is 10.1. The molecule has 1 unspecified atom stereocenters. The van der Waals surface area contributed by atoms with Crippen molar-refractivity contribution in [2.24, 2.45) is 5.73 Å². The van der Waals surface area contributed by atoms with Crippen LogP contribution in [0.5, 0.6) is 0 Å². The molecule has 0 fully saturated rings. The average molecular weight is 245 g/mol. The Balaban J connectivity index is 2.29. The second-order valence-corrected chi connectivity index (χ2v) is 4.22. The van der Waals surface area contributed by atoms with Crippen LogP contribution in [0.2, 0.25) is 0 Å². The number of benzene rings is 1. The molecule has 2 rings (SSSR count). The first-order valence-corrected chi connectivity index (χ1v) is 5.61. The van der Waals surface area contributed by atoms with Crippen LogP contribution in [0.3, 0.4) is 0 Å². The van der Waals surface area contributed by atoms with Gasteiger partial charge in [0, 0.05) is 12.7 Å². The molecule has 1 aliphatic rings. The average Bonchev–Trinajstić information content (AvgIpc) is 2.39. The molecule has 1 aromatic carbocycles. The number of aliphatic hydroxyl groups excluding tert-OH is 1. The van der Waals surface area contributed by atoms with Gasteiger partial charge in [0.2, 0.25) is 0 Å². The van der Waals surface area contributed by atoms with E-state index < -0.39 is 5.72 Å². The van der Waals surface area contributed by atoms with Crippen LogP contribution in [0.1, 0.15) is 16.8 Å². The number of hydrogen-bond acceptors (Lipinski definition) is 4. The maximum absolute atomic E-state index is 12.2. The number of allylic oxidation sites excluding steroid dienone is 2. The molecule has 4 nitrogen and oxygen atoms in total. The van der Waals surface area contributed by atoms with Crippen molar-refractivity contribution in [1.82, 2.24) is 0 Å². The molecule has 1 atom stereocenters. The highest BCUT2D eigenvalue weighted by Crippen LogP contribution is 2.26. The number of aliphatic hydroxyl groups is 1. The molecule has 3 N–H and O–H groups in total. The second kappa shape index (κ2) is 4.76. The summed E-state index contributed by atoms with van der Waals surface area (Å²) in [5.74, 6) is -0.266. The van der Waals surface area contributed by atoms with Crippen molar-refractivity contribution < 1.29 is 14.6 Å². The summed E-state index contributed by atoms with van der Waals surface area (Å²) in [6.07, 6.45) is 3.19. The summed E-state index contributed by atoms with van der Waals surface area (Å²) in [5.41, 5.74) is 5.59. The van der Waals surface area contributed by atoms with Crippen molar-refractivity contribution in [3.8, 4) is 0 Å². The molecule has 0 radical (unpaired) electrons. The number of ketones is 1. The highest BCUT2D eigenvalue weighted by molar-refractivity contribution is 6.11. The Bertz CT molecular complexity index is 519. The number of Topliss-reactive ketones (excluding diaryl/α,β-unsaturated/α-hetero) is 1. The van der Waals surface area contributed by atoms with Crippen LogP contribution < -0.4 is 5.73 Å². The molecule has 18 heavy (non-hydrogen) atoms. The molecule has 0 bridgehead atoms. The summed E-state index contributed by atoms with van der Waals surface area (Å²) in [5, 5.41) is 9.91. The summed E-state index contributed by atoms with van der Waals surface area (Å²) in [4.78, 5) is 12.2. The second-order valence-electron chi connectivity index (χ2n) is 4.22. The van der Waals surface area contributed by atoms with E-state index in [4.69, 9.17) is 10.5 Å². The van der Waals surface area contributed by atoms with Gasteiger partial charge in [-0.15, -0.1) is 0 Å². The molecule has 0 aliphatic heterocycles. The Labute approximate surface area is 105 Å². The molecule has 0 aromatic heterocycles. The molecule has 4 heteroatoms. The Morgan fingerprint density at radius 1 is 1.39 bits per heavy atom. The minimum Gasteiger partial charge on any atom is -0.511 e. The van der Waals surface area contributed by atoms with Crippen molar-refractivity contribution in [1.29, 1.82) is 0 Å². The molecule has 94 valence electrons.